The number of sulfonamides is 1. The van der Waals surface area contributed by atoms with Gasteiger partial charge in [-0.05, 0) is 17.5 Å². The molecular formula is C15H14N4O4S2. The van der Waals surface area contributed by atoms with E-state index < -0.39 is 14.9 Å². The summed E-state index contributed by atoms with van der Waals surface area (Å²) >= 11 is 1.18. The van der Waals surface area contributed by atoms with Crippen LogP contribution in [0.2, 0.25) is 0 Å². The first-order chi connectivity index (χ1) is 11.9. The van der Waals surface area contributed by atoms with Crippen LogP contribution in [-0.4, -0.2) is 43.8 Å². The van der Waals surface area contributed by atoms with Gasteiger partial charge in [0.15, 0.2) is 0 Å². The lowest BCUT2D eigenvalue weighted by molar-refractivity contribution is -0.384. The number of hydrogen-bond acceptors (Lipinski definition) is 7. The summed E-state index contributed by atoms with van der Waals surface area (Å²) in [6, 6.07) is 9.39. The molecule has 2 aromatic rings. The third kappa shape index (κ3) is 3.34. The molecular weight excluding hydrogens is 364 g/mol. The highest BCUT2D eigenvalue weighted by atomic mass is 32.2. The van der Waals surface area contributed by atoms with Gasteiger partial charge < -0.3 is 4.90 Å². The third-order valence-electron chi connectivity index (χ3n) is 3.98. The third-order valence-corrected chi connectivity index (χ3v) is 7.25. The molecule has 0 radical (unpaired) electrons. The van der Waals surface area contributed by atoms with E-state index in [2.05, 4.69) is 0 Å². The van der Waals surface area contributed by atoms with Gasteiger partial charge in [-0.25, -0.2) is 8.42 Å². The lowest BCUT2D eigenvalue weighted by atomic mass is 10.1. The standard InChI is InChI=1S/C15H14N4O4S2/c16-11-12-10-13(19(20)21)3-4-14(12)17-5-7-18(8-6-17)25(22,23)15-2-1-9-24-15/h1-4,9-10H,5-8H2. The molecule has 1 aromatic carbocycles. The number of nitro benzene ring substituents is 1. The van der Waals surface area contributed by atoms with E-state index in [1.165, 1.54) is 27.8 Å². The molecule has 1 fully saturated rings. The Kier molecular flexibility index (Phi) is 4.71. The Morgan fingerprint density at radius 3 is 2.48 bits per heavy atom. The van der Waals surface area contributed by atoms with Crippen LogP contribution in [0.5, 0.6) is 0 Å². The SMILES string of the molecule is N#Cc1cc([N+](=O)[O-])ccc1N1CCN(S(=O)(=O)c2cccs2)CC1. The molecule has 0 spiro atoms. The van der Waals surface area contributed by atoms with E-state index in [0.29, 0.717) is 36.1 Å². The van der Waals surface area contributed by atoms with Crippen LogP contribution in [0.25, 0.3) is 0 Å². The van der Waals surface area contributed by atoms with Crippen LogP contribution in [0, 0.1) is 21.4 Å². The largest absolute Gasteiger partial charge is 0.368 e. The molecule has 1 aromatic heterocycles. The van der Waals surface area contributed by atoms with Crippen LogP contribution in [0.15, 0.2) is 39.9 Å². The highest BCUT2D eigenvalue weighted by molar-refractivity contribution is 7.91. The zero-order valence-corrected chi connectivity index (χ0v) is 14.7. The van der Waals surface area contributed by atoms with Crippen LogP contribution in [-0.2, 0) is 10.0 Å². The summed E-state index contributed by atoms with van der Waals surface area (Å²) in [6.45, 7) is 1.42. The maximum Gasteiger partial charge on any atom is 0.270 e. The summed E-state index contributed by atoms with van der Waals surface area (Å²) in [5.74, 6) is 0. The zero-order chi connectivity index (χ0) is 18.0. The molecule has 1 saturated heterocycles. The number of hydrogen-bond donors (Lipinski definition) is 0. The number of thiophene rings is 1. The average molecular weight is 378 g/mol. The van der Waals surface area contributed by atoms with Crippen molar-refractivity contribution in [3.63, 3.8) is 0 Å². The fourth-order valence-electron chi connectivity index (χ4n) is 2.71. The quantitative estimate of drug-likeness (QED) is 0.595. The number of piperazine rings is 1. The van der Waals surface area contributed by atoms with Gasteiger partial charge in [-0.3, -0.25) is 10.1 Å². The van der Waals surface area contributed by atoms with Crippen LogP contribution in [0.3, 0.4) is 0 Å². The smallest absolute Gasteiger partial charge is 0.270 e. The second-order valence-corrected chi connectivity index (χ2v) is 8.51. The summed E-state index contributed by atoms with van der Waals surface area (Å²) in [4.78, 5) is 12.2. The number of nitrogens with zero attached hydrogens (tertiary/aromatic N) is 4. The topological polar surface area (TPSA) is 108 Å². The van der Waals surface area contributed by atoms with Crippen molar-refractivity contribution in [3.8, 4) is 6.07 Å². The normalized spacial score (nSPS) is 15.7. The van der Waals surface area contributed by atoms with Crippen molar-refractivity contribution in [1.82, 2.24) is 4.31 Å². The first-order valence-electron chi connectivity index (χ1n) is 7.40. The molecule has 0 amide bonds. The molecule has 0 N–H and O–H groups in total. The second kappa shape index (κ2) is 6.79. The minimum absolute atomic E-state index is 0.140. The molecule has 0 bridgehead atoms. The second-order valence-electron chi connectivity index (χ2n) is 5.39. The predicted molar refractivity (Wildman–Crippen MR) is 93.1 cm³/mol. The molecule has 25 heavy (non-hydrogen) atoms. The van der Waals surface area contributed by atoms with Crippen LogP contribution >= 0.6 is 11.3 Å². The van der Waals surface area contributed by atoms with Crippen molar-refractivity contribution >= 4 is 32.7 Å². The van der Waals surface area contributed by atoms with Gasteiger partial charge in [0.1, 0.15) is 10.3 Å². The van der Waals surface area contributed by atoms with Gasteiger partial charge in [-0.1, -0.05) is 6.07 Å². The van der Waals surface area contributed by atoms with Crippen LogP contribution < -0.4 is 4.90 Å². The van der Waals surface area contributed by atoms with Crippen molar-refractivity contribution in [2.24, 2.45) is 0 Å². The predicted octanol–water partition coefficient (Wildman–Crippen LogP) is 2.04. The Morgan fingerprint density at radius 1 is 1.20 bits per heavy atom. The molecule has 0 aliphatic carbocycles. The number of benzene rings is 1. The van der Waals surface area contributed by atoms with E-state index >= 15 is 0 Å². The molecule has 1 aliphatic heterocycles. The number of anilines is 1. The van der Waals surface area contributed by atoms with Crippen molar-refractivity contribution in [2.75, 3.05) is 31.1 Å². The zero-order valence-electron chi connectivity index (χ0n) is 13.0. The lowest BCUT2D eigenvalue weighted by Gasteiger charge is -2.35. The summed E-state index contributed by atoms with van der Waals surface area (Å²) in [7, 11) is -3.49. The van der Waals surface area contributed by atoms with E-state index in [1.807, 2.05) is 11.0 Å². The van der Waals surface area contributed by atoms with E-state index in [-0.39, 0.29) is 11.3 Å². The lowest BCUT2D eigenvalue weighted by Crippen LogP contribution is -2.48. The van der Waals surface area contributed by atoms with Gasteiger partial charge in [0.2, 0.25) is 0 Å². The van der Waals surface area contributed by atoms with E-state index in [9.17, 15) is 23.8 Å². The molecule has 0 atom stereocenters. The van der Waals surface area contributed by atoms with E-state index in [4.69, 9.17) is 0 Å². The number of non-ortho nitro benzene ring substituents is 1. The van der Waals surface area contributed by atoms with Crippen LogP contribution in [0.4, 0.5) is 11.4 Å². The Balaban J connectivity index is 1.77. The molecule has 8 nitrogen and oxygen atoms in total. The fraction of sp³-hybridized carbons (Fsp3) is 0.267. The first-order valence-corrected chi connectivity index (χ1v) is 9.72. The van der Waals surface area contributed by atoms with Gasteiger partial charge in [0.05, 0.1) is 16.2 Å². The summed E-state index contributed by atoms with van der Waals surface area (Å²) in [5, 5.41) is 21.8. The Morgan fingerprint density at radius 2 is 1.92 bits per heavy atom. The monoisotopic (exact) mass is 378 g/mol. The van der Waals surface area contributed by atoms with E-state index in [0.717, 1.165) is 0 Å². The maximum atomic E-state index is 12.5. The average Bonchev–Trinajstić information content (AvgIpc) is 3.16. The first kappa shape index (κ1) is 17.3. The Labute approximate surface area is 148 Å². The number of nitriles is 1. The Hall–Kier alpha value is -2.48. The Bertz CT molecular complexity index is 927. The molecule has 2 heterocycles. The van der Waals surface area contributed by atoms with Gasteiger partial charge in [0, 0.05) is 38.3 Å². The molecule has 0 unspecified atom stereocenters. The van der Waals surface area contributed by atoms with Gasteiger partial charge in [-0.2, -0.15) is 9.57 Å². The fourth-order valence-corrected chi connectivity index (χ4v) is 5.28. The summed E-state index contributed by atoms with van der Waals surface area (Å²) in [6.07, 6.45) is 0. The van der Waals surface area contributed by atoms with Crippen molar-refractivity contribution in [2.45, 2.75) is 4.21 Å². The highest BCUT2D eigenvalue weighted by Gasteiger charge is 2.30. The molecule has 1 aliphatic rings. The maximum absolute atomic E-state index is 12.5. The van der Waals surface area contributed by atoms with Crippen LogP contribution in [0.1, 0.15) is 5.56 Å². The number of nitro groups is 1. The summed E-state index contributed by atoms with van der Waals surface area (Å²) in [5.41, 5.74) is 0.657. The minimum atomic E-state index is -3.49. The highest BCUT2D eigenvalue weighted by Crippen LogP contribution is 2.28. The molecule has 0 saturated carbocycles. The summed E-state index contributed by atoms with van der Waals surface area (Å²) < 4.78 is 26.8. The molecule has 10 heteroatoms. The van der Waals surface area contributed by atoms with Gasteiger partial charge in [-0.15, -0.1) is 11.3 Å². The molecule has 130 valence electrons. The van der Waals surface area contributed by atoms with E-state index in [1.54, 1.807) is 23.6 Å². The van der Waals surface area contributed by atoms with Gasteiger partial charge >= 0.3 is 0 Å². The number of rotatable bonds is 4. The van der Waals surface area contributed by atoms with Crippen molar-refractivity contribution in [1.29, 1.82) is 5.26 Å². The van der Waals surface area contributed by atoms with Crippen molar-refractivity contribution in [3.05, 3.63) is 51.4 Å². The molecule has 3 rings (SSSR count). The van der Waals surface area contributed by atoms with Crippen molar-refractivity contribution < 1.29 is 13.3 Å². The van der Waals surface area contributed by atoms with Gasteiger partial charge in [0.25, 0.3) is 15.7 Å². The minimum Gasteiger partial charge on any atom is -0.368 e.